The Kier molecular flexibility index (Phi) is 6.93. The molecule has 1 heterocycles. The monoisotopic (exact) mass is 463 g/mol. The Hall–Kier alpha value is -3.00. The molecule has 0 aliphatic carbocycles. The fourth-order valence-corrected chi connectivity index (χ4v) is 5.34. The first kappa shape index (κ1) is 23.2. The number of carbonyl (C=O) groups is 1. The summed E-state index contributed by atoms with van der Waals surface area (Å²) in [5, 5.41) is 2.95. The molecule has 1 N–H and O–H groups in total. The van der Waals surface area contributed by atoms with E-state index in [0.29, 0.717) is 36.6 Å². The molecule has 0 spiro atoms. The Labute approximate surface area is 195 Å². The molecule has 6 nitrogen and oxygen atoms in total. The Bertz CT molecular complexity index is 1210. The van der Waals surface area contributed by atoms with Gasteiger partial charge >= 0.3 is 0 Å². The number of benzene rings is 3. The standard InChI is InChI=1S/C26H29N3O3S/c1-20-7-13-24(14-8-20)33(31,32)29-17-15-28(16-18-29)19-22-9-11-23(12-10-22)26(30)27-25-6-4-3-5-21(25)2/h3-14H,15-19H2,1-2H3,(H,27,30). The van der Waals surface area contributed by atoms with Gasteiger partial charge in [0, 0.05) is 44.0 Å². The molecule has 1 amide bonds. The first-order valence-electron chi connectivity index (χ1n) is 11.1. The summed E-state index contributed by atoms with van der Waals surface area (Å²) in [4.78, 5) is 15.1. The lowest BCUT2D eigenvalue weighted by atomic mass is 10.1. The van der Waals surface area contributed by atoms with Gasteiger partial charge < -0.3 is 5.32 Å². The normalized spacial score (nSPS) is 15.3. The number of aryl methyl sites for hydroxylation is 2. The number of nitrogens with zero attached hydrogens (tertiary/aromatic N) is 2. The van der Waals surface area contributed by atoms with Crippen molar-refractivity contribution in [2.45, 2.75) is 25.3 Å². The minimum atomic E-state index is -3.46. The van der Waals surface area contributed by atoms with Crippen LogP contribution >= 0.6 is 0 Å². The fourth-order valence-electron chi connectivity index (χ4n) is 3.91. The zero-order chi connectivity index (χ0) is 23.4. The molecule has 0 aromatic heterocycles. The fraction of sp³-hybridized carbons (Fsp3) is 0.269. The summed E-state index contributed by atoms with van der Waals surface area (Å²) in [6.45, 7) is 6.89. The van der Waals surface area contributed by atoms with Crippen molar-refractivity contribution in [1.29, 1.82) is 0 Å². The zero-order valence-corrected chi connectivity index (χ0v) is 19.8. The molecule has 33 heavy (non-hydrogen) atoms. The molecule has 1 saturated heterocycles. The second-order valence-corrected chi connectivity index (χ2v) is 10.4. The van der Waals surface area contributed by atoms with E-state index in [1.54, 1.807) is 16.4 Å². The van der Waals surface area contributed by atoms with Gasteiger partial charge in [0.1, 0.15) is 0 Å². The van der Waals surface area contributed by atoms with Crippen molar-refractivity contribution in [1.82, 2.24) is 9.21 Å². The first-order valence-corrected chi connectivity index (χ1v) is 12.5. The van der Waals surface area contributed by atoms with Crippen LogP contribution in [0.5, 0.6) is 0 Å². The summed E-state index contributed by atoms with van der Waals surface area (Å²) in [5.41, 5.74) is 4.57. The van der Waals surface area contributed by atoms with Crippen LogP contribution in [0.15, 0.2) is 77.7 Å². The van der Waals surface area contributed by atoms with Crippen LogP contribution in [0.3, 0.4) is 0 Å². The van der Waals surface area contributed by atoms with E-state index in [1.165, 1.54) is 0 Å². The Morgan fingerprint density at radius 3 is 2.12 bits per heavy atom. The van der Waals surface area contributed by atoms with E-state index in [0.717, 1.165) is 28.9 Å². The largest absolute Gasteiger partial charge is 0.322 e. The maximum Gasteiger partial charge on any atom is 0.255 e. The first-order chi connectivity index (χ1) is 15.8. The lowest BCUT2D eigenvalue weighted by molar-refractivity contribution is 0.102. The highest BCUT2D eigenvalue weighted by atomic mass is 32.2. The average Bonchev–Trinajstić information content (AvgIpc) is 2.82. The molecule has 7 heteroatoms. The van der Waals surface area contributed by atoms with Crippen molar-refractivity contribution in [3.63, 3.8) is 0 Å². The van der Waals surface area contributed by atoms with Crippen LogP contribution in [0.1, 0.15) is 27.0 Å². The van der Waals surface area contributed by atoms with Crippen molar-refractivity contribution in [2.24, 2.45) is 0 Å². The van der Waals surface area contributed by atoms with E-state index < -0.39 is 10.0 Å². The molecule has 1 aliphatic rings. The number of nitrogens with one attached hydrogen (secondary N) is 1. The van der Waals surface area contributed by atoms with E-state index in [-0.39, 0.29) is 5.91 Å². The maximum absolute atomic E-state index is 12.9. The second-order valence-electron chi connectivity index (χ2n) is 8.46. The van der Waals surface area contributed by atoms with Gasteiger partial charge in [-0.3, -0.25) is 9.69 Å². The minimum absolute atomic E-state index is 0.134. The predicted molar refractivity (Wildman–Crippen MR) is 131 cm³/mol. The third kappa shape index (κ3) is 5.50. The van der Waals surface area contributed by atoms with Crippen LogP contribution in [-0.2, 0) is 16.6 Å². The van der Waals surface area contributed by atoms with Gasteiger partial charge in [0.25, 0.3) is 5.91 Å². The van der Waals surface area contributed by atoms with Gasteiger partial charge in [-0.05, 0) is 55.3 Å². The van der Waals surface area contributed by atoms with Crippen LogP contribution in [0.4, 0.5) is 5.69 Å². The number of piperazine rings is 1. The average molecular weight is 464 g/mol. The van der Waals surface area contributed by atoms with Crippen molar-refractivity contribution in [3.8, 4) is 0 Å². The Morgan fingerprint density at radius 2 is 1.48 bits per heavy atom. The number of para-hydroxylation sites is 1. The smallest absolute Gasteiger partial charge is 0.255 e. The van der Waals surface area contributed by atoms with Gasteiger partial charge in [0.05, 0.1) is 4.90 Å². The molecule has 0 bridgehead atoms. The summed E-state index contributed by atoms with van der Waals surface area (Å²) in [6.07, 6.45) is 0. The van der Waals surface area contributed by atoms with Crippen molar-refractivity contribution in [3.05, 3.63) is 95.1 Å². The number of carbonyl (C=O) groups excluding carboxylic acids is 1. The highest BCUT2D eigenvalue weighted by molar-refractivity contribution is 7.89. The predicted octanol–water partition coefficient (Wildman–Crippen LogP) is 4.06. The van der Waals surface area contributed by atoms with Gasteiger partial charge in [-0.25, -0.2) is 8.42 Å². The quantitative estimate of drug-likeness (QED) is 0.599. The topological polar surface area (TPSA) is 69.7 Å². The van der Waals surface area contributed by atoms with E-state index in [1.807, 2.05) is 74.5 Å². The number of rotatable bonds is 6. The third-order valence-electron chi connectivity index (χ3n) is 6.01. The Morgan fingerprint density at radius 1 is 0.848 bits per heavy atom. The lowest BCUT2D eigenvalue weighted by Crippen LogP contribution is -2.48. The minimum Gasteiger partial charge on any atom is -0.322 e. The number of hydrogen-bond acceptors (Lipinski definition) is 4. The summed E-state index contributed by atoms with van der Waals surface area (Å²) in [6, 6.07) is 22.3. The highest BCUT2D eigenvalue weighted by Crippen LogP contribution is 2.20. The van der Waals surface area contributed by atoms with Crippen molar-refractivity contribution >= 4 is 21.6 Å². The SMILES string of the molecule is Cc1ccc(S(=O)(=O)N2CCN(Cc3ccc(C(=O)Nc4ccccc4C)cc3)CC2)cc1. The second kappa shape index (κ2) is 9.87. The summed E-state index contributed by atoms with van der Waals surface area (Å²) < 4.78 is 27.3. The molecule has 1 fully saturated rings. The number of hydrogen-bond donors (Lipinski definition) is 1. The summed E-state index contributed by atoms with van der Waals surface area (Å²) in [7, 11) is -3.46. The van der Waals surface area contributed by atoms with Gasteiger partial charge in [0.2, 0.25) is 10.0 Å². The molecule has 172 valence electrons. The van der Waals surface area contributed by atoms with Crippen molar-refractivity contribution < 1.29 is 13.2 Å². The molecule has 4 rings (SSSR count). The van der Waals surface area contributed by atoms with Gasteiger partial charge in [0.15, 0.2) is 0 Å². The molecule has 1 aliphatic heterocycles. The van der Waals surface area contributed by atoms with Crippen LogP contribution in [0, 0.1) is 13.8 Å². The molecule has 3 aromatic carbocycles. The number of sulfonamides is 1. The van der Waals surface area contributed by atoms with Gasteiger partial charge in [-0.15, -0.1) is 0 Å². The van der Waals surface area contributed by atoms with Crippen LogP contribution in [-0.4, -0.2) is 49.7 Å². The molecule has 3 aromatic rings. The molecule has 0 unspecified atom stereocenters. The highest BCUT2D eigenvalue weighted by Gasteiger charge is 2.28. The van der Waals surface area contributed by atoms with E-state index >= 15 is 0 Å². The summed E-state index contributed by atoms with van der Waals surface area (Å²) in [5.74, 6) is -0.134. The molecule has 0 radical (unpaired) electrons. The molecule has 0 atom stereocenters. The van der Waals surface area contributed by atoms with Crippen LogP contribution in [0.2, 0.25) is 0 Å². The van der Waals surface area contributed by atoms with Crippen molar-refractivity contribution in [2.75, 3.05) is 31.5 Å². The lowest BCUT2D eigenvalue weighted by Gasteiger charge is -2.34. The summed E-state index contributed by atoms with van der Waals surface area (Å²) >= 11 is 0. The van der Waals surface area contributed by atoms with Gasteiger partial charge in [-0.2, -0.15) is 4.31 Å². The van der Waals surface area contributed by atoms with Gasteiger partial charge in [-0.1, -0.05) is 48.0 Å². The molecular formula is C26H29N3O3S. The maximum atomic E-state index is 12.9. The zero-order valence-electron chi connectivity index (χ0n) is 19.0. The van der Waals surface area contributed by atoms with Crippen LogP contribution < -0.4 is 5.32 Å². The third-order valence-corrected chi connectivity index (χ3v) is 7.92. The molecular weight excluding hydrogens is 434 g/mol. The number of anilines is 1. The number of amides is 1. The van der Waals surface area contributed by atoms with Crippen LogP contribution in [0.25, 0.3) is 0 Å². The Balaban J connectivity index is 1.32. The van der Waals surface area contributed by atoms with E-state index in [4.69, 9.17) is 0 Å². The molecule has 0 saturated carbocycles. The van der Waals surface area contributed by atoms with E-state index in [9.17, 15) is 13.2 Å². The van der Waals surface area contributed by atoms with E-state index in [2.05, 4.69) is 10.2 Å².